The third-order valence-electron chi connectivity index (χ3n) is 5.55. The molecular weight excluding hydrogens is 390 g/mol. The van der Waals surface area contributed by atoms with Crippen LogP contribution < -0.4 is 15.0 Å². The zero-order valence-corrected chi connectivity index (χ0v) is 17.6. The number of benzene rings is 1. The van der Waals surface area contributed by atoms with Crippen molar-refractivity contribution in [3.8, 4) is 11.4 Å². The third-order valence-corrected chi connectivity index (χ3v) is 6.52. The number of carbonyl (C=O) groups excluding carboxylic acids is 2. The molecule has 1 saturated heterocycles. The van der Waals surface area contributed by atoms with Crippen LogP contribution in [0.4, 0.5) is 5.82 Å². The van der Waals surface area contributed by atoms with Crippen molar-refractivity contribution in [2.45, 2.75) is 18.4 Å². The quantitative estimate of drug-likeness (QED) is 0.702. The molecule has 8 nitrogen and oxygen atoms in total. The molecule has 154 valence electrons. The Labute approximate surface area is 174 Å². The predicted molar refractivity (Wildman–Crippen MR) is 112 cm³/mol. The lowest BCUT2D eigenvalue weighted by Crippen LogP contribution is -3.14. The number of anilines is 1. The van der Waals surface area contributed by atoms with Gasteiger partial charge in [-0.3, -0.25) is 9.59 Å². The maximum atomic E-state index is 12.8. The third kappa shape index (κ3) is 3.97. The van der Waals surface area contributed by atoms with Crippen LogP contribution in [0.3, 0.4) is 0 Å². The molecule has 2 aliphatic heterocycles. The SMILES string of the molecule is CC[NH+]1CCN(C(=O)C(=O)Nc2c3c(nn2-c2ccc(OC)cc2)CSC3)CC1. The van der Waals surface area contributed by atoms with Gasteiger partial charge >= 0.3 is 11.8 Å². The first-order valence-corrected chi connectivity index (χ1v) is 11.0. The van der Waals surface area contributed by atoms with Gasteiger partial charge in [0.2, 0.25) is 0 Å². The first-order valence-electron chi connectivity index (χ1n) is 9.87. The van der Waals surface area contributed by atoms with Gasteiger partial charge in [0.25, 0.3) is 0 Å². The molecule has 2 aliphatic rings. The van der Waals surface area contributed by atoms with E-state index in [4.69, 9.17) is 4.74 Å². The van der Waals surface area contributed by atoms with Crippen LogP contribution >= 0.6 is 11.8 Å². The number of nitrogens with zero attached hydrogens (tertiary/aromatic N) is 3. The summed E-state index contributed by atoms with van der Waals surface area (Å²) in [4.78, 5) is 28.6. The van der Waals surface area contributed by atoms with Gasteiger partial charge in [0.1, 0.15) is 11.6 Å². The standard InChI is InChI=1S/C20H25N5O3S/c1-3-23-8-10-24(11-9-23)20(27)19(26)21-18-16-12-29-13-17(16)22-25(18)14-4-6-15(28-2)7-5-14/h4-7H,3,8-13H2,1-2H3,(H,21,26)/p+1. The molecule has 0 spiro atoms. The fourth-order valence-electron chi connectivity index (χ4n) is 3.74. The average Bonchev–Trinajstić information content (AvgIpc) is 3.36. The van der Waals surface area contributed by atoms with Gasteiger partial charge in [0.05, 0.1) is 51.2 Å². The van der Waals surface area contributed by atoms with E-state index < -0.39 is 11.8 Å². The topological polar surface area (TPSA) is 80.9 Å². The smallest absolute Gasteiger partial charge is 0.315 e. The van der Waals surface area contributed by atoms with Crippen LogP contribution in [0.15, 0.2) is 24.3 Å². The van der Waals surface area contributed by atoms with Gasteiger partial charge in [-0.05, 0) is 31.2 Å². The molecule has 0 bridgehead atoms. The van der Waals surface area contributed by atoms with Crippen molar-refractivity contribution in [3.05, 3.63) is 35.5 Å². The van der Waals surface area contributed by atoms with Crippen molar-refractivity contribution in [3.63, 3.8) is 0 Å². The first kappa shape index (κ1) is 19.8. The molecule has 1 fully saturated rings. The molecular formula is C20H26N5O3S+. The van der Waals surface area contributed by atoms with Crippen LogP contribution in [0.1, 0.15) is 18.2 Å². The van der Waals surface area contributed by atoms with Crippen molar-refractivity contribution in [1.82, 2.24) is 14.7 Å². The summed E-state index contributed by atoms with van der Waals surface area (Å²) >= 11 is 1.75. The van der Waals surface area contributed by atoms with Gasteiger partial charge in [-0.25, -0.2) is 4.68 Å². The average molecular weight is 417 g/mol. The highest BCUT2D eigenvalue weighted by molar-refractivity contribution is 7.98. The van der Waals surface area contributed by atoms with Gasteiger partial charge in [-0.15, -0.1) is 0 Å². The van der Waals surface area contributed by atoms with E-state index in [0.717, 1.165) is 53.8 Å². The Hall–Kier alpha value is -2.52. The Morgan fingerprint density at radius 3 is 2.59 bits per heavy atom. The summed E-state index contributed by atoms with van der Waals surface area (Å²) in [7, 11) is 1.62. The van der Waals surface area contributed by atoms with Crippen molar-refractivity contribution in [2.75, 3.05) is 45.2 Å². The van der Waals surface area contributed by atoms with E-state index in [1.807, 2.05) is 24.3 Å². The Bertz CT molecular complexity index is 904. The molecule has 2 aromatic rings. The number of amides is 2. The number of piperazine rings is 1. The molecule has 4 rings (SSSR count). The molecule has 2 amide bonds. The monoisotopic (exact) mass is 416 g/mol. The zero-order valence-electron chi connectivity index (χ0n) is 16.7. The zero-order chi connectivity index (χ0) is 20.4. The molecule has 9 heteroatoms. The fraction of sp³-hybridized carbons (Fsp3) is 0.450. The Morgan fingerprint density at radius 2 is 1.93 bits per heavy atom. The summed E-state index contributed by atoms with van der Waals surface area (Å²) < 4.78 is 6.94. The second-order valence-corrected chi connectivity index (χ2v) is 8.21. The molecule has 3 heterocycles. The molecule has 0 atom stereocenters. The minimum absolute atomic E-state index is 0.470. The maximum absolute atomic E-state index is 12.8. The molecule has 1 aromatic carbocycles. The van der Waals surface area contributed by atoms with E-state index in [-0.39, 0.29) is 0 Å². The van der Waals surface area contributed by atoms with E-state index in [1.165, 1.54) is 4.90 Å². The van der Waals surface area contributed by atoms with Crippen LogP contribution in [-0.4, -0.2) is 66.3 Å². The number of thioether (sulfide) groups is 1. The summed E-state index contributed by atoms with van der Waals surface area (Å²) in [6, 6.07) is 7.48. The summed E-state index contributed by atoms with van der Waals surface area (Å²) in [5, 5.41) is 7.53. The number of likely N-dealkylation sites (N-methyl/N-ethyl adjacent to an activating group) is 1. The van der Waals surface area contributed by atoms with Gasteiger partial charge < -0.3 is 19.9 Å². The Balaban J connectivity index is 1.54. The van der Waals surface area contributed by atoms with Crippen molar-refractivity contribution in [2.24, 2.45) is 0 Å². The number of quaternary nitrogens is 1. The lowest BCUT2D eigenvalue weighted by molar-refractivity contribution is -0.902. The largest absolute Gasteiger partial charge is 0.497 e. The highest BCUT2D eigenvalue weighted by Gasteiger charge is 2.30. The lowest BCUT2D eigenvalue weighted by Gasteiger charge is -2.31. The number of methoxy groups -OCH3 is 1. The molecule has 0 radical (unpaired) electrons. The van der Waals surface area contributed by atoms with Crippen molar-refractivity contribution < 1.29 is 19.2 Å². The number of rotatable bonds is 4. The molecule has 29 heavy (non-hydrogen) atoms. The number of fused-ring (bicyclic) bond motifs is 1. The highest BCUT2D eigenvalue weighted by Crippen LogP contribution is 2.36. The molecule has 2 N–H and O–H groups in total. The molecule has 0 saturated carbocycles. The minimum atomic E-state index is -0.598. The normalized spacial score (nSPS) is 16.6. The molecule has 0 aliphatic carbocycles. The molecule has 0 unspecified atom stereocenters. The number of ether oxygens (including phenoxy) is 1. The van der Waals surface area contributed by atoms with Gasteiger partial charge in [0.15, 0.2) is 0 Å². The number of hydrogen-bond donors (Lipinski definition) is 2. The van der Waals surface area contributed by atoms with Crippen LogP contribution in [0.5, 0.6) is 5.75 Å². The van der Waals surface area contributed by atoms with E-state index in [0.29, 0.717) is 18.9 Å². The van der Waals surface area contributed by atoms with Gasteiger partial charge in [0, 0.05) is 17.1 Å². The van der Waals surface area contributed by atoms with Gasteiger partial charge in [-0.1, -0.05) is 0 Å². The minimum Gasteiger partial charge on any atom is -0.497 e. The second kappa shape index (κ2) is 8.46. The summed E-state index contributed by atoms with van der Waals surface area (Å²) in [5.41, 5.74) is 2.76. The molecule has 1 aromatic heterocycles. The van der Waals surface area contributed by atoms with Crippen LogP contribution in [0, 0.1) is 0 Å². The van der Waals surface area contributed by atoms with Crippen molar-refractivity contribution >= 4 is 29.4 Å². The number of nitrogens with one attached hydrogen (secondary N) is 2. The number of carbonyl (C=O) groups is 2. The Kier molecular flexibility index (Phi) is 5.77. The number of hydrogen-bond acceptors (Lipinski definition) is 5. The van der Waals surface area contributed by atoms with Crippen LogP contribution in [0.2, 0.25) is 0 Å². The van der Waals surface area contributed by atoms with Gasteiger partial charge in [-0.2, -0.15) is 16.9 Å². The lowest BCUT2D eigenvalue weighted by atomic mass is 10.2. The van der Waals surface area contributed by atoms with Crippen LogP contribution in [0.25, 0.3) is 5.69 Å². The fourth-order valence-corrected chi connectivity index (χ4v) is 4.77. The number of aromatic nitrogens is 2. The summed E-state index contributed by atoms with van der Waals surface area (Å²) in [6.45, 7) is 6.16. The van der Waals surface area contributed by atoms with E-state index in [1.54, 1.807) is 28.5 Å². The first-order chi connectivity index (χ1) is 14.1. The summed E-state index contributed by atoms with van der Waals surface area (Å²) in [5.74, 6) is 1.84. The second-order valence-electron chi connectivity index (χ2n) is 7.23. The van der Waals surface area contributed by atoms with E-state index in [9.17, 15) is 9.59 Å². The van der Waals surface area contributed by atoms with Crippen molar-refractivity contribution in [1.29, 1.82) is 0 Å². The summed E-state index contributed by atoms with van der Waals surface area (Å²) in [6.07, 6.45) is 0. The van der Waals surface area contributed by atoms with Crippen LogP contribution in [-0.2, 0) is 21.1 Å². The van der Waals surface area contributed by atoms with E-state index >= 15 is 0 Å². The van der Waals surface area contributed by atoms with E-state index in [2.05, 4.69) is 17.3 Å². The maximum Gasteiger partial charge on any atom is 0.315 e. The highest BCUT2D eigenvalue weighted by atomic mass is 32.2. The predicted octanol–water partition coefficient (Wildman–Crippen LogP) is 0.313. The Morgan fingerprint density at radius 1 is 1.21 bits per heavy atom.